The summed E-state index contributed by atoms with van der Waals surface area (Å²) in [5.74, 6) is 0. The molecule has 0 aliphatic rings. The van der Waals surface area contributed by atoms with Crippen molar-refractivity contribution in [2.24, 2.45) is 0 Å². The van der Waals surface area contributed by atoms with Crippen LogP contribution < -0.4 is 0 Å². The van der Waals surface area contributed by atoms with E-state index in [9.17, 15) is 5.11 Å². The number of H-pyrrole nitrogens is 1. The van der Waals surface area contributed by atoms with Crippen LogP contribution in [0.5, 0.6) is 0 Å². The molecule has 1 rings (SSSR count). The lowest BCUT2D eigenvalue weighted by molar-refractivity contribution is -0.927. The van der Waals surface area contributed by atoms with Crippen LogP contribution in [0.1, 0.15) is 45.6 Å². The summed E-state index contributed by atoms with van der Waals surface area (Å²) in [6.07, 6.45) is 3.33. The standard InChI is InChI=1S/C15H29N2O2/c1-4-10-17(6-3,11-5-2)12-13-19-15(18)14-8-7-9-16-14/h7-9,15-16,18H,4-6,10-13H2,1-3H3/q+1. The largest absolute Gasteiger partial charge is 0.363 e. The van der Waals surface area contributed by atoms with Crippen LogP contribution in [0.15, 0.2) is 18.3 Å². The molecule has 0 saturated carbocycles. The summed E-state index contributed by atoms with van der Waals surface area (Å²) in [5, 5.41) is 9.88. The lowest BCUT2D eigenvalue weighted by atomic mass is 10.2. The fourth-order valence-corrected chi connectivity index (χ4v) is 2.70. The van der Waals surface area contributed by atoms with Crippen LogP contribution in [0.4, 0.5) is 0 Å². The second-order valence-corrected chi connectivity index (χ2v) is 5.18. The fraction of sp³-hybridized carbons (Fsp3) is 0.733. The van der Waals surface area contributed by atoms with Gasteiger partial charge in [-0.25, -0.2) is 0 Å². The third-order valence-corrected chi connectivity index (χ3v) is 3.80. The van der Waals surface area contributed by atoms with Crippen LogP contribution in [0.2, 0.25) is 0 Å². The quantitative estimate of drug-likeness (QED) is 0.507. The van der Waals surface area contributed by atoms with Gasteiger partial charge in [-0.05, 0) is 31.9 Å². The second kappa shape index (κ2) is 8.35. The first kappa shape index (κ1) is 16.2. The monoisotopic (exact) mass is 269 g/mol. The molecule has 0 aliphatic heterocycles. The van der Waals surface area contributed by atoms with Crippen molar-refractivity contribution in [3.05, 3.63) is 24.0 Å². The van der Waals surface area contributed by atoms with Gasteiger partial charge in [0.15, 0.2) is 6.29 Å². The number of aliphatic hydroxyl groups excluding tert-OH is 1. The molecule has 1 atom stereocenters. The van der Waals surface area contributed by atoms with E-state index in [1.807, 2.05) is 12.1 Å². The molecule has 0 fully saturated rings. The second-order valence-electron chi connectivity index (χ2n) is 5.18. The van der Waals surface area contributed by atoms with Gasteiger partial charge < -0.3 is 19.3 Å². The lowest BCUT2D eigenvalue weighted by Crippen LogP contribution is -2.51. The molecule has 4 heteroatoms. The highest BCUT2D eigenvalue weighted by molar-refractivity contribution is 5.04. The van der Waals surface area contributed by atoms with Gasteiger partial charge in [0.25, 0.3) is 0 Å². The summed E-state index contributed by atoms with van der Waals surface area (Å²) in [5.41, 5.74) is 0.723. The van der Waals surface area contributed by atoms with Gasteiger partial charge in [0, 0.05) is 6.20 Å². The first-order valence-electron chi connectivity index (χ1n) is 7.45. The molecule has 0 aliphatic carbocycles. The molecular weight excluding hydrogens is 240 g/mol. The van der Waals surface area contributed by atoms with E-state index in [2.05, 4.69) is 25.8 Å². The Morgan fingerprint density at radius 3 is 2.37 bits per heavy atom. The zero-order valence-electron chi connectivity index (χ0n) is 12.6. The van der Waals surface area contributed by atoms with E-state index in [4.69, 9.17) is 4.74 Å². The van der Waals surface area contributed by atoms with Crippen LogP contribution in [-0.2, 0) is 4.74 Å². The van der Waals surface area contributed by atoms with E-state index in [1.165, 1.54) is 25.9 Å². The summed E-state index contributed by atoms with van der Waals surface area (Å²) in [7, 11) is 0. The van der Waals surface area contributed by atoms with Crippen molar-refractivity contribution in [3.63, 3.8) is 0 Å². The maximum absolute atomic E-state index is 9.88. The average Bonchev–Trinajstić information content (AvgIpc) is 2.93. The molecule has 0 bridgehead atoms. The summed E-state index contributed by atoms with van der Waals surface area (Å²) in [6.45, 7) is 11.8. The van der Waals surface area contributed by atoms with Crippen LogP contribution in [-0.4, -0.2) is 47.4 Å². The van der Waals surface area contributed by atoms with Gasteiger partial charge in [0.05, 0.1) is 31.9 Å². The van der Waals surface area contributed by atoms with Crippen molar-refractivity contribution in [1.82, 2.24) is 4.98 Å². The zero-order valence-corrected chi connectivity index (χ0v) is 12.6. The highest BCUT2D eigenvalue weighted by atomic mass is 16.6. The number of aliphatic hydroxyl groups is 1. The molecule has 0 saturated heterocycles. The maximum atomic E-state index is 9.88. The van der Waals surface area contributed by atoms with Gasteiger partial charge in [0.2, 0.25) is 0 Å². The Balaban J connectivity index is 2.43. The molecule has 110 valence electrons. The first-order chi connectivity index (χ1) is 9.17. The van der Waals surface area contributed by atoms with E-state index >= 15 is 0 Å². The number of likely N-dealkylation sites (N-methyl/N-ethyl adjacent to an activating group) is 1. The number of nitrogens with one attached hydrogen (secondary N) is 1. The number of aromatic nitrogens is 1. The van der Waals surface area contributed by atoms with Crippen molar-refractivity contribution < 1.29 is 14.3 Å². The third-order valence-electron chi connectivity index (χ3n) is 3.80. The molecule has 0 aromatic carbocycles. The average molecular weight is 269 g/mol. The Kier molecular flexibility index (Phi) is 7.13. The van der Waals surface area contributed by atoms with Crippen LogP contribution >= 0.6 is 0 Å². The van der Waals surface area contributed by atoms with Gasteiger partial charge in [-0.1, -0.05) is 13.8 Å². The topological polar surface area (TPSA) is 45.2 Å². The van der Waals surface area contributed by atoms with Gasteiger partial charge in [-0.2, -0.15) is 0 Å². The zero-order chi connectivity index (χ0) is 14.1. The van der Waals surface area contributed by atoms with Gasteiger partial charge in [-0.15, -0.1) is 0 Å². The number of rotatable bonds is 10. The summed E-state index contributed by atoms with van der Waals surface area (Å²) in [6, 6.07) is 3.70. The van der Waals surface area contributed by atoms with E-state index in [0.717, 1.165) is 23.3 Å². The Bertz CT molecular complexity index is 319. The van der Waals surface area contributed by atoms with Crippen LogP contribution in [0, 0.1) is 0 Å². The Hall–Kier alpha value is -0.840. The number of quaternary nitrogens is 1. The molecule has 4 nitrogen and oxygen atoms in total. The number of nitrogens with zero attached hydrogens (tertiary/aromatic N) is 1. The minimum Gasteiger partial charge on any atom is -0.363 e. The summed E-state index contributed by atoms with van der Waals surface area (Å²) < 4.78 is 6.63. The van der Waals surface area contributed by atoms with Crippen molar-refractivity contribution in [2.45, 2.75) is 39.9 Å². The SMILES string of the molecule is CCC[N+](CC)(CCC)CCOC(O)c1ccc[nH]1. The molecule has 1 heterocycles. The van der Waals surface area contributed by atoms with Crippen molar-refractivity contribution in [3.8, 4) is 0 Å². The van der Waals surface area contributed by atoms with Gasteiger partial charge >= 0.3 is 0 Å². The third kappa shape index (κ3) is 4.97. The Morgan fingerprint density at radius 1 is 1.21 bits per heavy atom. The lowest BCUT2D eigenvalue weighted by Gasteiger charge is -2.37. The number of hydrogen-bond donors (Lipinski definition) is 2. The van der Waals surface area contributed by atoms with E-state index in [-0.39, 0.29) is 0 Å². The highest BCUT2D eigenvalue weighted by Crippen LogP contribution is 2.14. The number of aromatic amines is 1. The molecule has 1 aromatic heterocycles. The number of ether oxygens (including phenoxy) is 1. The first-order valence-corrected chi connectivity index (χ1v) is 7.45. The van der Waals surface area contributed by atoms with Crippen molar-refractivity contribution >= 4 is 0 Å². The molecule has 1 aromatic rings. The molecule has 19 heavy (non-hydrogen) atoms. The fourth-order valence-electron chi connectivity index (χ4n) is 2.70. The van der Waals surface area contributed by atoms with Gasteiger partial charge in [-0.3, -0.25) is 0 Å². The molecule has 0 radical (unpaired) electrons. The van der Waals surface area contributed by atoms with E-state index in [0.29, 0.717) is 6.61 Å². The minimum absolute atomic E-state index is 0.591. The highest BCUT2D eigenvalue weighted by Gasteiger charge is 2.23. The predicted molar refractivity (Wildman–Crippen MR) is 77.7 cm³/mol. The molecule has 0 amide bonds. The minimum atomic E-state index is -0.836. The predicted octanol–water partition coefficient (Wildman–Crippen LogP) is 2.68. The van der Waals surface area contributed by atoms with E-state index < -0.39 is 6.29 Å². The van der Waals surface area contributed by atoms with Crippen LogP contribution in [0.3, 0.4) is 0 Å². The summed E-state index contributed by atoms with van der Waals surface area (Å²) >= 11 is 0. The molecular formula is C15H29N2O2+. The molecule has 0 spiro atoms. The van der Waals surface area contributed by atoms with Crippen molar-refractivity contribution in [2.75, 3.05) is 32.8 Å². The number of hydrogen-bond acceptors (Lipinski definition) is 2. The smallest absolute Gasteiger partial charge is 0.196 e. The van der Waals surface area contributed by atoms with Crippen LogP contribution in [0.25, 0.3) is 0 Å². The Labute approximate surface area is 117 Å². The van der Waals surface area contributed by atoms with Gasteiger partial charge in [0.1, 0.15) is 6.54 Å². The Morgan fingerprint density at radius 2 is 1.89 bits per heavy atom. The molecule has 1 unspecified atom stereocenters. The molecule has 2 N–H and O–H groups in total. The van der Waals surface area contributed by atoms with Crippen molar-refractivity contribution in [1.29, 1.82) is 0 Å². The summed E-state index contributed by atoms with van der Waals surface area (Å²) in [4.78, 5) is 2.97. The normalized spacial score (nSPS) is 13.7. The van der Waals surface area contributed by atoms with E-state index in [1.54, 1.807) is 6.20 Å². The maximum Gasteiger partial charge on any atom is 0.196 e.